The monoisotopic (exact) mass is 412 g/mol. The summed E-state index contributed by atoms with van der Waals surface area (Å²) in [6, 6.07) is 17.3. The van der Waals surface area contributed by atoms with Gasteiger partial charge >= 0.3 is 0 Å². The molecule has 0 aliphatic heterocycles. The zero-order valence-corrected chi connectivity index (χ0v) is 17.3. The minimum atomic E-state index is -3.81. The number of anilines is 2. The molecule has 0 aliphatic rings. The van der Waals surface area contributed by atoms with E-state index in [-0.39, 0.29) is 10.8 Å². The van der Waals surface area contributed by atoms with Crippen LogP contribution >= 0.6 is 0 Å². The fourth-order valence-electron chi connectivity index (χ4n) is 2.95. The molecule has 0 spiro atoms. The topological polar surface area (TPSA) is 84.3 Å². The van der Waals surface area contributed by atoms with Gasteiger partial charge in [-0.1, -0.05) is 31.5 Å². The SMILES string of the molecule is CCCCN(c1ccnn1-c1ccccc1)S(=O)(=O)c1ccc(NC(C)=O)cc1. The van der Waals surface area contributed by atoms with Crippen molar-refractivity contribution in [3.8, 4) is 5.69 Å². The molecule has 2 aromatic carbocycles. The summed E-state index contributed by atoms with van der Waals surface area (Å²) in [6.45, 7) is 3.76. The van der Waals surface area contributed by atoms with Gasteiger partial charge in [0.15, 0.2) is 0 Å². The predicted octanol–water partition coefficient (Wildman–Crippen LogP) is 3.83. The van der Waals surface area contributed by atoms with Crippen molar-refractivity contribution >= 4 is 27.4 Å². The second-order valence-corrected chi connectivity index (χ2v) is 8.44. The third-order valence-electron chi connectivity index (χ3n) is 4.36. The highest BCUT2D eigenvalue weighted by molar-refractivity contribution is 7.92. The highest BCUT2D eigenvalue weighted by atomic mass is 32.2. The van der Waals surface area contributed by atoms with Gasteiger partial charge in [0.2, 0.25) is 5.91 Å². The van der Waals surface area contributed by atoms with Gasteiger partial charge in [-0.05, 0) is 42.8 Å². The standard InChI is InChI=1S/C21H24N4O3S/c1-3-4-16-24(21-14-15-22-25(21)19-8-6-5-7-9-19)29(27,28)20-12-10-18(11-13-20)23-17(2)26/h5-15H,3-4,16H2,1-2H3,(H,23,26). The molecule has 0 unspecified atom stereocenters. The Kier molecular flexibility index (Phi) is 6.33. The van der Waals surface area contributed by atoms with Crippen molar-refractivity contribution in [1.29, 1.82) is 0 Å². The summed E-state index contributed by atoms with van der Waals surface area (Å²) in [6.07, 6.45) is 3.16. The first-order valence-electron chi connectivity index (χ1n) is 9.43. The average Bonchev–Trinajstić information content (AvgIpc) is 3.18. The minimum absolute atomic E-state index is 0.156. The maximum atomic E-state index is 13.5. The number of sulfonamides is 1. The van der Waals surface area contributed by atoms with Gasteiger partial charge in [-0.2, -0.15) is 5.10 Å². The second kappa shape index (κ2) is 8.91. The second-order valence-electron chi connectivity index (χ2n) is 6.57. The third kappa shape index (κ3) is 4.65. The smallest absolute Gasteiger partial charge is 0.265 e. The van der Waals surface area contributed by atoms with E-state index < -0.39 is 10.0 Å². The Bertz CT molecular complexity index is 1060. The molecule has 0 fully saturated rings. The molecule has 0 atom stereocenters. The number of amides is 1. The molecule has 3 rings (SSSR count). The zero-order valence-electron chi connectivity index (χ0n) is 16.4. The molecule has 0 aliphatic carbocycles. The quantitative estimate of drug-likeness (QED) is 0.609. The number of unbranched alkanes of at least 4 members (excludes halogenated alkanes) is 1. The Morgan fingerprint density at radius 1 is 1.07 bits per heavy atom. The number of para-hydroxylation sites is 1. The lowest BCUT2D eigenvalue weighted by Gasteiger charge is -2.25. The summed E-state index contributed by atoms with van der Waals surface area (Å²) >= 11 is 0. The molecule has 7 nitrogen and oxygen atoms in total. The Morgan fingerprint density at radius 3 is 2.38 bits per heavy atom. The molecule has 1 N–H and O–H groups in total. The summed E-state index contributed by atoms with van der Waals surface area (Å²) in [4.78, 5) is 11.4. The van der Waals surface area contributed by atoms with Gasteiger partial charge < -0.3 is 5.32 Å². The fraction of sp³-hybridized carbons (Fsp3) is 0.238. The Morgan fingerprint density at radius 2 is 1.76 bits per heavy atom. The van der Waals surface area contributed by atoms with E-state index in [0.717, 1.165) is 12.1 Å². The van der Waals surface area contributed by atoms with E-state index in [4.69, 9.17) is 0 Å². The van der Waals surface area contributed by atoms with Gasteiger partial charge in [0.05, 0.1) is 16.8 Å². The lowest BCUT2D eigenvalue weighted by molar-refractivity contribution is -0.114. The number of aromatic nitrogens is 2. The van der Waals surface area contributed by atoms with Crippen molar-refractivity contribution < 1.29 is 13.2 Å². The Labute approximate surface area is 171 Å². The molecule has 0 saturated heterocycles. The molecular formula is C21H24N4O3S. The number of benzene rings is 2. The van der Waals surface area contributed by atoms with Crippen LogP contribution in [0.5, 0.6) is 0 Å². The van der Waals surface area contributed by atoms with Gasteiger partial charge in [0, 0.05) is 25.2 Å². The normalized spacial score (nSPS) is 11.2. The van der Waals surface area contributed by atoms with E-state index >= 15 is 0 Å². The first kappa shape index (κ1) is 20.6. The van der Waals surface area contributed by atoms with Crippen LogP contribution in [0.4, 0.5) is 11.5 Å². The van der Waals surface area contributed by atoms with Crippen molar-refractivity contribution in [1.82, 2.24) is 9.78 Å². The number of rotatable bonds is 8. The molecule has 8 heteroatoms. The highest BCUT2D eigenvalue weighted by Crippen LogP contribution is 2.27. The first-order valence-corrected chi connectivity index (χ1v) is 10.9. The third-order valence-corrected chi connectivity index (χ3v) is 6.17. The van der Waals surface area contributed by atoms with Gasteiger partial charge in [-0.3, -0.25) is 4.79 Å². The Balaban J connectivity index is 2.01. The van der Waals surface area contributed by atoms with Crippen LogP contribution in [0.3, 0.4) is 0 Å². The molecule has 3 aromatic rings. The lowest BCUT2D eigenvalue weighted by Crippen LogP contribution is -2.33. The number of nitrogens with zero attached hydrogens (tertiary/aromatic N) is 3. The van der Waals surface area contributed by atoms with E-state index in [1.54, 1.807) is 29.1 Å². The van der Waals surface area contributed by atoms with Crippen molar-refractivity contribution in [3.63, 3.8) is 0 Å². The predicted molar refractivity (Wildman–Crippen MR) is 114 cm³/mol. The van der Waals surface area contributed by atoms with E-state index in [0.29, 0.717) is 24.5 Å². The van der Waals surface area contributed by atoms with Crippen molar-refractivity contribution in [2.75, 3.05) is 16.2 Å². The molecule has 0 saturated carbocycles. The maximum Gasteiger partial charge on any atom is 0.265 e. The van der Waals surface area contributed by atoms with E-state index in [2.05, 4.69) is 10.4 Å². The Hall–Kier alpha value is -3.13. The number of hydrogen-bond acceptors (Lipinski definition) is 4. The number of carbonyl (C=O) groups is 1. The van der Waals surface area contributed by atoms with E-state index in [9.17, 15) is 13.2 Å². The van der Waals surface area contributed by atoms with Crippen LogP contribution in [-0.2, 0) is 14.8 Å². The molecule has 1 aromatic heterocycles. The summed E-state index contributed by atoms with van der Waals surface area (Å²) in [5.41, 5.74) is 1.33. The van der Waals surface area contributed by atoms with Crippen LogP contribution in [-0.4, -0.2) is 30.7 Å². The van der Waals surface area contributed by atoms with Crippen LogP contribution in [0.15, 0.2) is 71.8 Å². The largest absolute Gasteiger partial charge is 0.326 e. The average molecular weight is 413 g/mol. The number of nitrogens with one attached hydrogen (secondary N) is 1. The first-order chi connectivity index (χ1) is 13.9. The highest BCUT2D eigenvalue weighted by Gasteiger charge is 2.27. The molecule has 0 bridgehead atoms. The number of carbonyl (C=O) groups excluding carboxylic acids is 1. The van der Waals surface area contributed by atoms with Crippen LogP contribution in [0.25, 0.3) is 5.69 Å². The number of hydrogen-bond donors (Lipinski definition) is 1. The maximum absolute atomic E-state index is 13.5. The molecule has 1 amide bonds. The van der Waals surface area contributed by atoms with Crippen molar-refractivity contribution in [2.24, 2.45) is 0 Å². The molecule has 29 heavy (non-hydrogen) atoms. The van der Waals surface area contributed by atoms with Gasteiger partial charge in [-0.15, -0.1) is 0 Å². The van der Waals surface area contributed by atoms with Crippen LogP contribution < -0.4 is 9.62 Å². The minimum Gasteiger partial charge on any atom is -0.326 e. The summed E-state index contributed by atoms with van der Waals surface area (Å²) in [5, 5.41) is 6.98. The summed E-state index contributed by atoms with van der Waals surface area (Å²) < 4.78 is 29.9. The van der Waals surface area contributed by atoms with E-state index in [1.807, 2.05) is 37.3 Å². The fourth-order valence-corrected chi connectivity index (χ4v) is 4.44. The van der Waals surface area contributed by atoms with Gasteiger partial charge in [-0.25, -0.2) is 17.4 Å². The summed E-state index contributed by atoms with van der Waals surface area (Å²) in [7, 11) is -3.81. The summed E-state index contributed by atoms with van der Waals surface area (Å²) in [5.74, 6) is 0.271. The van der Waals surface area contributed by atoms with Crippen molar-refractivity contribution in [3.05, 3.63) is 66.9 Å². The molecular weight excluding hydrogens is 388 g/mol. The van der Waals surface area contributed by atoms with Crippen LogP contribution in [0.1, 0.15) is 26.7 Å². The van der Waals surface area contributed by atoms with Crippen LogP contribution in [0.2, 0.25) is 0 Å². The van der Waals surface area contributed by atoms with Crippen molar-refractivity contribution in [2.45, 2.75) is 31.6 Å². The molecule has 1 heterocycles. The van der Waals surface area contributed by atoms with E-state index in [1.165, 1.54) is 23.4 Å². The lowest BCUT2D eigenvalue weighted by atomic mass is 10.3. The van der Waals surface area contributed by atoms with Gasteiger partial charge in [0.25, 0.3) is 10.0 Å². The zero-order chi connectivity index (χ0) is 20.9. The molecule has 0 radical (unpaired) electrons. The van der Waals surface area contributed by atoms with Gasteiger partial charge in [0.1, 0.15) is 5.82 Å². The van der Waals surface area contributed by atoms with Crippen LogP contribution in [0, 0.1) is 0 Å². The molecule has 152 valence electrons.